The molecule has 2 rings (SSSR count). The predicted molar refractivity (Wildman–Crippen MR) is 63.7 cm³/mol. The molecule has 1 aliphatic rings. The van der Waals surface area contributed by atoms with Gasteiger partial charge in [-0.2, -0.15) is 0 Å². The summed E-state index contributed by atoms with van der Waals surface area (Å²) in [4.78, 5) is 8.27. The van der Waals surface area contributed by atoms with E-state index in [9.17, 15) is 4.21 Å². The monoisotopic (exact) mass is 239 g/mol. The maximum absolute atomic E-state index is 12.1. The van der Waals surface area contributed by atoms with Crippen LogP contribution >= 0.6 is 0 Å². The Morgan fingerprint density at radius 3 is 2.94 bits per heavy atom. The summed E-state index contributed by atoms with van der Waals surface area (Å²) in [5, 5.41) is 4.03. The molecule has 0 radical (unpaired) electrons. The van der Waals surface area contributed by atoms with E-state index in [0.29, 0.717) is 16.8 Å². The molecule has 2 atom stereocenters. The molecule has 88 valence electrons. The Kier molecular flexibility index (Phi) is 4.01. The topological polar surface area (TPSA) is 54.9 Å². The number of nitrogens with one attached hydrogen (secondary N) is 1. The van der Waals surface area contributed by atoms with E-state index in [-0.39, 0.29) is 0 Å². The van der Waals surface area contributed by atoms with Crippen LogP contribution in [-0.4, -0.2) is 32.5 Å². The van der Waals surface area contributed by atoms with Crippen LogP contribution < -0.4 is 5.32 Å². The summed E-state index contributed by atoms with van der Waals surface area (Å²) in [6.45, 7) is 2.90. The number of aryl methyl sites for hydroxylation is 1. The van der Waals surface area contributed by atoms with E-state index in [1.54, 1.807) is 12.4 Å². The molecule has 0 bridgehead atoms. The highest BCUT2D eigenvalue weighted by Gasteiger charge is 2.18. The van der Waals surface area contributed by atoms with Gasteiger partial charge in [-0.3, -0.25) is 9.19 Å². The normalized spacial score (nSPS) is 22.9. The van der Waals surface area contributed by atoms with Crippen LogP contribution in [0.2, 0.25) is 0 Å². The molecule has 0 aliphatic carbocycles. The molecule has 0 amide bonds. The van der Waals surface area contributed by atoms with Crippen LogP contribution in [0.15, 0.2) is 17.4 Å². The second-order valence-electron chi connectivity index (χ2n) is 4.11. The van der Waals surface area contributed by atoms with Crippen molar-refractivity contribution < 1.29 is 4.21 Å². The van der Waals surface area contributed by atoms with Crippen molar-refractivity contribution in [1.82, 2.24) is 15.3 Å². The zero-order valence-electron chi connectivity index (χ0n) is 9.48. The van der Waals surface area contributed by atoms with Gasteiger partial charge in [0.25, 0.3) is 0 Å². The molecule has 1 saturated heterocycles. The lowest BCUT2D eigenvalue weighted by molar-refractivity contribution is 0.427. The Morgan fingerprint density at radius 2 is 2.25 bits per heavy atom. The summed E-state index contributed by atoms with van der Waals surface area (Å²) >= 11 is 0. The number of hydrogen-bond acceptors (Lipinski definition) is 4. The Hall–Kier alpha value is -0.810. The van der Waals surface area contributed by atoms with Crippen molar-refractivity contribution in [2.24, 2.45) is 0 Å². The Morgan fingerprint density at radius 1 is 1.44 bits per heavy atom. The standard InChI is InChI=1S/C11H17N3OS/c1-9-11(14-7-6-12-9)16(15)8-10-4-2-3-5-13-10/h6-7,10,13H,2-5,8H2,1H3/t10-,16-/m0/s1. The maximum Gasteiger partial charge on any atom is 0.148 e. The highest BCUT2D eigenvalue weighted by Crippen LogP contribution is 2.12. The van der Waals surface area contributed by atoms with Gasteiger partial charge in [-0.05, 0) is 26.3 Å². The van der Waals surface area contributed by atoms with Crippen molar-refractivity contribution in [3.8, 4) is 0 Å². The molecule has 0 spiro atoms. The van der Waals surface area contributed by atoms with Crippen LogP contribution in [0.25, 0.3) is 0 Å². The summed E-state index contributed by atoms with van der Waals surface area (Å²) < 4.78 is 12.1. The van der Waals surface area contributed by atoms with Gasteiger partial charge in [-0.25, -0.2) is 4.98 Å². The predicted octanol–water partition coefficient (Wildman–Crippen LogP) is 1.03. The minimum Gasteiger partial charge on any atom is -0.313 e. The van der Waals surface area contributed by atoms with Gasteiger partial charge in [0.1, 0.15) is 5.03 Å². The van der Waals surface area contributed by atoms with Gasteiger partial charge in [0.2, 0.25) is 0 Å². The third-order valence-corrected chi connectivity index (χ3v) is 4.35. The van der Waals surface area contributed by atoms with Crippen LogP contribution in [0.1, 0.15) is 25.0 Å². The van der Waals surface area contributed by atoms with Crippen molar-refractivity contribution in [1.29, 1.82) is 0 Å². The van der Waals surface area contributed by atoms with Gasteiger partial charge in [0.05, 0.1) is 16.5 Å². The Bertz CT molecular complexity index is 377. The van der Waals surface area contributed by atoms with E-state index in [1.807, 2.05) is 6.92 Å². The fourth-order valence-corrected chi connectivity index (χ4v) is 3.31. The molecule has 1 N–H and O–H groups in total. The molecule has 16 heavy (non-hydrogen) atoms. The molecule has 0 unspecified atom stereocenters. The SMILES string of the molecule is Cc1nccnc1[S@@](=O)C[C@@H]1CCCCN1. The second kappa shape index (κ2) is 5.50. The zero-order chi connectivity index (χ0) is 11.4. The van der Waals surface area contributed by atoms with Gasteiger partial charge < -0.3 is 5.32 Å². The first-order valence-corrected chi connectivity index (χ1v) is 6.98. The first-order valence-electron chi connectivity index (χ1n) is 5.67. The first-order chi connectivity index (χ1) is 7.77. The summed E-state index contributed by atoms with van der Waals surface area (Å²) in [5.41, 5.74) is 0.775. The third-order valence-electron chi connectivity index (χ3n) is 2.82. The molecule has 1 fully saturated rings. The average molecular weight is 239 g/mol. The highest BCUT2D eigenvalue weighted by molar-refractivity contribution is 7.85. The molecule has 1 aromatic heterocycles. The molecule has 4 nitrogen and oxygen atoms in total. The lowest BCUT2D eigenvalue weighted by Crippen LogP contribution is -2.38. The number of rotatable bonds is 3. The molecule has 2 heterocycles. The van der Waals surface area contributed by atoms with Crippen molar-refractivity contribution in [2.45, 2.75) is 37.3 Å². The van der Waals surface area contributed by atoms with Gasteiger partial charge in [-0.15, -0.1) is 0 Å². The smallest absolute Gasteiger partial charge is 0.148 e. The van der Waals surface area contributed by atoms with Gasteiger partial charge in [0, 0.05) is 24.2 Å². The quantitative estimate of drug-likeness (QED) is 0.856. The van der Waals surface area contributed by atoms with Crippen molar-refractivity contribution in [3.63, 3.8) is 0 Å². The van der Waals surface area contributed by atoms with E-state index in [4.69, 9.17) is 0 Å². The zero-order valence-corrected chi connectivity index (χ0v) is 10.3. The highest BCUT2D eigenvalue weighted by atomic mass is 32.2. The Labute approximate surface area is 98.3 Å². The Balaban J connectivity index is 2.00. The fourth-order valence-electron chi connectivity index (χ4n) is 1.95. The lowest BCUT2D eigenvalue weighted by atomic mass is 10.1. The largest absolute Gasteiger partial charge is 0.313 e. The maximum atomic E-state index is 12.1. The molecule has 1 aromatic rings. The van der Waals surface area contributed by atoms with E-state index in [0.717, 1.165) is 18.7 Å². The van der Waals surface area contributed by atoms with E-state index in [2.05, 4.69) is 15.3 Å². The molecule has 1 aliphatic heterocycles. The van der Waals surface area contributed by atoms with Crippen LogP contribution in [0.5, 0.6) is 0 Å². The van der Waals surface area contributed by atoms with Gasteiger partial charge in [-0.1, -0.05) is 6.42 Å². The molecule has 0 aromatic carbocycles. The van der Waals surface area contributed by atoms with Gasteiger partial charge in [0.15, 0.2) is 0 Å². The van der Waals surface area contributed by atoms with Crippen LogP contribution in [0.3, 0.4) is 0 Å². The summed E-state index contributed by atoms with van der Waals surface area (Å²) in [6.07, 6.45) is 6.82. The lowest BCUT2D eigenvalue weighted by Gasteiger charge is -2.22. The summed E-state index contributed by atoms with van der Waals surface area (Å²) in [7, 11) is -1.03. The van der Waals surface area contributed by atoms with Crippen molar-refractivity contribution in [3.05, 3.63) is 18.1 Å². The average Bonchev–Trinajstić information content (AvgIpc) is 2.31. The second-order valence-corrected chi connectivity index (χ2v) is 5.52. The van der Waals surface area contributed by atoms with Crippen LogP contribution in [0.4, 0.5) is 0 Å². The summed E-state index contributed by atoms with van der Waals surface area (Å²) in [5.74, 6) is 0.652. The molecular weight excluding hydrogens is 222 g/mol. The fraction of sp³-hybridized carbons (Fsp3) is 0.636. The number of aromatic nitrogens is 2. The van der Waals surface area contributed by atoms with Crippen molar-refractivity contribution >= 4 is 10.8 Å². The van der Waals surface area contributed by atoms with E-state index in [1.165, 1.54) is 12.8 Å². The molecule has 0 saturated carbocycles. The van der Waals surface area contributed by atoms with Crippen molar-refractivity contribution in [2.75, 3.05) is 12.3 Å². The number of nitrogens with zero attached hydrogens (tertiary/aromatic N) is 2. The molecule has 5 heteroatoms. The summed E-state index contributed by atoms with van der Waals surface area (Å²) in [6, 6.07) is 0.371. The van der Waals surface area contributed by atoms with E-state index < -0.39 is 10.8 Å². The van der Waals surface area contributed by atoms with E-state index >= 15 is 0 Å². The first kappa shape index (κ1) is 11.7. The number of piperidine rings is 1. The minimum atomic E-state index is -1.03. The third kappa shape index (κ3) is 2.86. The van der Waals surface area contributed by atoms with Gasteiger partial charge >= 0.3 is 0 Å². The van der Waals surface area contributed by atoms with Crippen LogP contribution in [-0.2, 0) is 10.8 Å². The number of hydrogen-bond donors (Lipinski definition) is 1. The molecular formula is C11H17N3OS. The van der Waals surface area contributed by atoms with Crippen LogP contribution in [0, 0.1) is 6.92 Å². The minimum absolute atomic E-state index is 0.371.